The van der Waals surface area contributed by atoms with Gasteiger partial charge in [-0.1, -0.05) is 19.1 Å². The fourth-order valence-electron chi connectivity index (χ4n) is 5.95. The molecule has 39 heavy (non-hydrogen) atoms. The number of aromatic hydroxyl groups is 2. The van der Waals surface area contributed by atoms with Crippen LogP contribution in [0.15, 0.2) is 18.2 Å². The van der Waals surface area contributed by atoms with Crippen LogP contribution in [0.3, 0.4) is 0 Å². The number of hydrogen-bond donors (Lipinski definition) is 5. The molecule has 0 radical (unpaired) electrons. The third-order valence-electron chi connectivity index (χ3n) is 8.05. The molecule has 0 amide bonds. The van der Waals surface area contributed by atoms with Gasteiger partial charge in [0, 0.05) is 36.0 Å². The fourth-order valence-corrected chi connectivity index (χ4v) is 5.95. The van der Waals surface area contributed by atoms with Crippen molar-refractivity contribution in [2.24, 2.45) is 5.92 Å². The Hall–Kier alpha value is -3.35. The van der Waals surface area contributed by atoms with Gasteiger partial charge in [0.25, 0.3) is 0 Å². The number of carbonyl (C=O) groups is 3. The number of hydrogen-bond acceptors (Lipinski definition) is 11. The van der Waals surface area contributed by atoms with Crippen LogP contribution in [0, 0.1) is 5.92 Å². The molecule has 2 aromatic rings. The van der Waals surface area contributed by atoms with E-state index in [4.69, 9.17) is 14.2 Å². The zero-order valence-electron chi connectivity index (χ0n) is 21.6. The zero-order chi connectivity index (χ0) is 28.4. The van der Waals surface area contributed by atoms with Crippen LogP contribution >= 0.6 is 0 Å². The van der Waals surface area contributed by atoms with Crippen molar-refractivity contribution in [1.29, 1.82) is 0 Å². The van der Waals surface area contributed by atoms with Gasteiger partial charge < -0.3 is 39.7 Å². The lowest BCUT2D eigenvalue weighted by Gasteiger charge is -2.42. The van der Waals surface area contributed by atoms with Crippen molar-refractivity contribution < 1.29 is 54.1 Å². The SMILES string of the molecule is COc1cccc2c1C(=O)c1c(O)c3c(c(O)c1C2=O)C[C@@](O)(C(=O)CO)C[C@@H]3O[C@H]1C[C@@H](C)[C@H](O)C(C)O1. The lowest BCUT2D eigenvalue weighted by Crippen LogP contribution is -2.49. The maximum absolute atomic E-state index is 13.7. The van der Waals surface area contributed by atoms with Crippen LogP contribution in [0.25, 0.3) is 0 Å². The lowest BCUT2D eigenvalue weighted by molar-refractivity contribution is -0.255. The van der Waals surface area contributed by atoms with Crippen molar-refractivity contribution in [1.82, 2.24) is 0 Å². The maximum atomic E-state index is 13.7. The normalized spacial score (nSPS) is 29.8. The largest absolute Gasteiger partial charge is 0.507 e. The van der Waals surface area contributed by atoms with E-state index in [9.17, 15) is 39.9 Å². The first-order chi connectivity index (χ1) is 18.4. The molecule has 1 unspecified atom stereocenters. The van der Waals surface area contributed by atoms with Crippen LogP contribution in [-0.2, 0) is 20.7 Å². The van der Waals surface area contributed by atoms with E-state index in [1.807, 2.05) is 0 Å². The number of rotatable bonds is 5. The third-order valence-corrected chi connectivity index (χ3v) is 8.05. The molecule has 5 N–H and O–H groups in total. The molecule has 5 rings (SSSR count). The summed E-state index contributed by atoms with van der Waals surface area (Å²) in [7, 11) is 1.33. The highest BCUT2D eigenvalue weighted by molar-refractivity contribution is 6.31. The minimum Gasteiger partial charge on any atom is -0.507 e. The van der Waals surface area contributed by atoms with E-state index in [2.05, 4.69) is 0 Å². The van der Waals surface area contributed by atoms with Gasteiger partial charge in [0.05, 0.1) is 42.1 Å². The number of ether oxygens (including phenoxy) is 3. The molecule has 2 aliphatic carbocycles. The van der Waals surface area contributed by atoms with E-state index < -0.39 is 89.6 Å². The smallest absolute Gasteiger partial charge is 0.202 e. The van der Waals surface area contributed by atoms with E-state index in [-0.39, 0.29) is 40.3 Å². The Kier molecular flexibility index (Phi) is 6.76. The molecule has 2 aromatic carbocycles. The Morgan fingerprint density at radius 3 is 2.44 bits per heavy atom. The molecule has 1 heterocycles. The predicted octanol–water partition coefficient (Wildman–Crippen LogP) is 1.31. The van der Waals surface area contributed by atoms with E-state index in [1.54, 1.807) is 13.8 Å². The molecule has 3 aliphatic rings. The number of Topliss-reactive ketones (excluding diaryl/α,β-unsaturated/α-hetero) is 1. The van der Waals surface area contributed by atoms with Gasteiger partial charge in [-0.15, -0.1) is 0 Å². The Labute approximate surface area is 223 Å². The number of fused-ring (bicyclic) bond motifs is 3. The monoisotopic (exact) mass is 542 g/mol. The number of aliphatic hydroxyl groups excluding tert-OH is 2. The average molecular weight is 543 g/mol. The van der Waals surface area contributed by atoms with Crippen LogP contribution in [0.2, 0.25) is 0 Å². The van der Waals surface area contributed by atoms with E-state index in [0.717, 1.165) is 0 Å². The van der Waals surface area contributed by atoms with Gasteiger partial charge in [-0.25, -0.2) is 0 Å². The lowest BCUT2D eigenvalue weighted by atomic mass is 9.72. The summed E-state index contributed by atoms with van der Waals surface area (Å²) >= 11 is 0. The molecule has 0 bridgehead atoms. The quantitative estimate of drug-likeness (QED) is 0.293. The first-order valence-corrected chi connectivity index (χ1v) is 12.7. The second-order valence-corrected chi connectivity index (χ2v) is 10.5. The average Bonchev–Trinajstić information content (AvgIpc) is 2.90. The maximum Gasteiger partial charge on any atom is 0.202 e. The minimum absolute atomic E-state index is 0.0380. The fraction of sp³-hybridized carbons (Fsp3) is 0.464. The second-order valence-electron chi connectivity index (χ2n) is 10.5. The summed E-state index contributed by atoms with van der Waals surface area (Å²) in [4.78, 5) is 39.8. The van der Waals surface area contributed by atoms with Gasteiger partial charge >= 0.3 is 0 Å². The molecule has 1 aliphatic heterocycles. The van der Waals surface area contributed by atoms with Gasteiger partial charge in [0.2, 0.25) is 5.78 Å². The summed E-state index contributed by atoms with van der Waals surface area (Å²) in [6.45, 7) is 2.46. The van der Waals surface area contributed by atoms with Crippen LogP contribution in [-0.4, -0.2) is 80.7 Å². The van der Waals surface area contributed by atoms with Crippen molar-refractivity contribution in [2.75, 3.05) is 13.7 Å². The highest BCUT2D eigenvalue weighted by Crippen LogP contribution is 2.52. The van der Waals surface area contributed by atoms with Crippen LogP contribution in [0.1, 0.15) is 75.8 Å². The summed E-state index contributed by atoms with van der Waals surface area (Å²) in [6, 6.07) is 4.40. The second kappa shape index (κ2) is 9.68. The van der Waals surface area contributed by atoms with E-state index in [0.29, 0.717) is 0 Å². The predicted molar refractivity (Wildman–Crippen MR) is 133 cm³/mol. The zero-order valence-corrected chi connectivity index (χ0v) is 21.6. The van der Waals surface area contributed by atoms with E-state index in [1.165, 1.54) is 25.3 Å². The van der Waals surface area contributed by atoms with Gasteiger partial charge in [-0.3, -0.25) is 14.4 Å². The summed E-state index contributed by atoms with van der Waals surface area (Å²) in [5.41, 5.74) is -3.45. The van der Waals surface area contributed by atoms with Crippen molar-refractivity contribution in [3.05, 3.63) is 51.6 Å². The molecule has 6 atom stereocenters. The molecule has 0 saturated carbocycles. The van der Waals surface area contributed by atoms with E-state index >= 15 is 0 Å². The molecule has 1 fully saturated rings. The number of phenols is 2. The molecular formula is C28H30O11. The third kappa shape index (κ3) is 4.12. The Balaban J connectivity index is 1.69. The summed E-state index contributed by atoms with van der Waals surface area (Å²) in [5, 5.41) is 53.9. The minimum atomic E-state index is -2.21. The Morgan fingerprint density at radius 1 is 1.10 bits per heavy atom. The molecule has 11 heteroatoms. The van der Waals surface area contributed by atoms with Crippen LogP contribution < -0.4 is 4.74 Å². The number of aliphatic hydroxyl groups is 3. The summed E-state index contributed by atoms with van der Waals surface area (Å²) < 4.78 is 17.2. The van der Waals surface area contributed by atoms with Gasteiger partial charge in [-0.05, 0) is 18.9 Å². The van der Waals surface area contributed by atoms with Crippen molar-refractivity contribution >= 4 is 17.3 Å². The topological polar surface area (TPSA) is 180 Å². The highest BCUT2D eigenvalue weighted by Gasteiger charge is 2.50. The highest BCUT2D eigenvalue weighted by atomic mass is 16.7. The molecule has 0 spiro atoms. The number of ketones is 3. The van der Waals surface area contributed by atoms with Crippen LogP contribution in [0.4, 0.5) is 0 Å². The molecule has 1 saturated heterocycles. The number of phenolic OH excluding ortho intramolecular Hbond substituents is 2. The van der Waals surface area contributed by atoms with Gasteiger partial charge in [0.15, 0.2) is 17.9 Å². The molecular weight excluding hydrogens is 512 g/mol. The van der Waals surface area contributed by atoms with Gasteiger partial charge in [0.1, 0.15) is 29.5 Å². The summed E-state index contributed by atoms with van der Waals surface area (Å²) in [5.74, 6) is -3.87. The standard InChI is InChI=1S/C28H30O11/c1-11-7-18(38-12(2)23(11)31)39-16-9-28(36,17(30)10-29)8-14-20(16)27(35)22-21(25(14)33)24(32)13-5-4-6-15(37-3)19(13)26(22)34/h4-6,11-12,16,18,23,29,31,33,35-36H,7-10H2,1-3H3/t11-,12?,16+,18+,23+,28+/m1/s1. The first kappa shape index (κ1) is 27.2. The number of carbonyl (C=O) groups excluding carboxylic acids is 3. The van der Waals surface area contributed by atoms with Crippen molar-refractivity contribution in [3.8, 4) is 17.2 Å². The molecule has 0 aromatic heterocycles. The molecule has 11 nitrogen and oxygen atoms in total. The van der Waals surface area contributed by atoms with Gasteiger partial charge in [-0.2, -0.15) is 0 Å². The Bertz CT molecular complexity index is 1370. The van der Waals surface area contributed by atoms with Crippen LogP contribution in [0.5, 0.6) is 17.2 Å². The molecule has 208 valence electrons. The summed E-state index contributed by atoms with van der Waals surface area (Å²) in [6.07, 6.45) is -4.31. The Morgan fingerprint density at radius 2 is 1.79 bits per heavy atom. The van der Waals surface area contributed by atoms with Crippen molar-refractivity contribution in [2.45, 2.75) is 63.3 Å². The van der Waals surface area contributed by atoms with Crippen molar-refractivity contribution in [3.63, 3.8) is 0 Å². The number of benzene rings is 2. The first-order valence-electron chi connectivity index (χ1n) is 12.7. The number of methoxy groups -OCH3 is 1.